The van der Waals surface area contributed by atoms with Crippen LogP contribution in [0.25, 0.3) is 0 Å². The molecule has 0 aliphatic carbocycles. The molecule has 0 amide bonds. The third-order valence-corrected chi connectivity index (χ3v) is 4.19. The summed E-state index contributed by atoms with van der Waals surface area (Å²) in [5.74, 6) is 0.537. The number of rotatable bonds is 3. The maximum absolute atomic E-state index is 9.35. The van der Waals surface area contributed by atoms with Gasteiger partial charge in [0.05, 0.1) is 29.4 Å². The summed E-state index contributed by atoms with van der Waals surface area (Å²) in [5.41, 5.74) is 2.22. The van der Waals surface area contributed by atoms with E-state index in [1.165, 1.54) is 0 Å². The van der Waals surface area contributed by atoms with E-state index < -0.39 is 0 Å². The lowest BCUT2D eigenvalue weighted by Crippen LogP contribution is -2.27. The molecule has 0 aromatic heterocycles. The quantitative estimate of drug-likeness (QED) is 0.871. The van der Waals surface area contributed by atoms with E-state index in [2.05, 4.69) is 18.1 Å². The van der Waals surface area contributed by atoms with Gasteiger partial charge in [-0.15, -0.1) is 0 Å². The molecule has 0 unspecified atom stereocenters. The molecule has 20 heavy (non-hydrogen) atoms. The Bertz CT molecular complexity index is 565. The van der Waals surface area contributed by atoms with Crippen LogP contribution in [0.15, 0.2) is 17.2 Å². The lowest BCUT2D eigenvalue weighted by molar-refractivity contribution is 0.164. The van der Waals surface area contributed by atoms with Crippen LogP contribution >= 0.6 is 11.6 Å². The molecule has 4 nitrogen and oxygen atoms in total. The minimum absolute atomic E-state index is 0.0930. The summed E-state index contributed by atoms with van der Waals surface area (Å²) in [6.45, 7) is 5.00. The highest BCUT2D eigenvalue weighted by Crippen LogP contribution is 2.24. The highest BCUT2D eigenvalue weighted by molar-refractivity contribution is 6.32. The molecule has 1 aliphatic heterocycles. The summed E-state index contributed by atoms with van der Waals surface area (Å²) in [7, 11) is 0. The number of aliphatic hydroxyl groups is 1. The van der Waals surface area contributed by atoms with Crippen molar-refractivity contribution in [1.29, 1.82) is 5.26 Å². The van der Waals surface area contributed by atoms with Gasteiger partial charge in [-0.2, -0.15) is 10.4 Å². The van der Waals surface area contributed by atoms with Crippen LogP contribution in [0.4, 0.5) is 0 Å². The molecule has 1 aromatic carbocycles. The third kappa shape index (κ3) is 2.95. The molecule has 1 N–H and O–H groups in total. The molecule has 1 saturated heterocycles. The van der Waals surface area contributed by atoms with Crippen molar-refractivity contribution in [2.24, 2.45) is 11.0 Å². The van der Waals surface area contributed by atoms with E-state index in [1.54, 1.807) is 12.3 Å². The summed E-state index contributed by atoms with van der Waals surface area (Å²) < 4.78 is 0. The van der Waals surface area contributed by atoms with Crippen LogP contribution in [-0.2, 0) is 0 Å². The normalized spacial score (nSPS) is 22.4. The van der Waals surface area contributed by atoms with E-state index in [-0.39, 0.29) is 12.6 Å². The molecule has 1 fully saturated rings. The Morgan fingerprint density at radius 3 is 3.00 bits per heavy atom. The van der Waals surface area contributed by atoms with Gasteiger partial charge in [0.15, 0.2) is 0 Å². The SMILES string of the molecule is Cc1c(/C=N/N2C[C@H](C)C[C@H]2CO)ccc(C#N)c1Cl. The van der Waals surface area contributed by atoms with Crippen LogP contribution in [0.5, 0.6) is 0 Å². The maximum Gasteiger partial charge on any atom is 0.101 e. The second kappa shape index (κ2) is 6.25. The van der Waals surface area contributed by atoms with Crippen molar-refractivity contribution in [2.75, 3.05) is 13.2 Å². The van der Waals surface area contributed by atoms with Gasteiger partial charge in [-0.1, -0.05) is 24.6 Å². The zero-order valence-corrected chi connectivity index (χ0v) is 12.4. The van der Waals surface area contributed by atoms with Gasteiger partial charge < -0.3 is 5.11 Å². The van der Waals surface area contributed by atoms with Gasteiger partial charge in [0.25, 0.3) is 0 Å². The number of hydrogen-bond acceptors (Lipinski definition) is 4. The predicted octanol–water partition coefficient (Wildman–Crippen LogP) is 2.56. The molecule has 1 heterocycles. The van der Waals surface area contributed by atoms with Crippen LogP contribution in [0.3, 0.4) is 0 Å². The fourth-order valence-corrected chi connectivity index (χ4v) is 2.72. The Morgan fingerprint density at radius 2 is 2.35 bits per heavy atom. The van der Waals surface area contributed by atoms with Crippen molar-refractivity contribution in [2.45, 2.75) is 26.3 Å². The first-order valence-corrected chi connectivity index (χ1v) is 7.05. The Labute approximate surface area is 124 Å². The second-order valence-corrected chi connectivity index (χ2v) is 5.67. The molecule has 0 radical (unpaired) electrons. The van der Waals surface area contributed by atoms with E-state index >= 15 is 0 Å². The van der Waals surface area contributed by atoms with Gasteiger partial charge in [0.1, 0.15) is 6.07 Å². The topological polar surface area (TPSA) is 59.6 Å². The molecule has 0 saturated carbocycles. The molecule has 106 valence electrons. The number of hydrogen-bond donors (Lipinski definition) is 1. The Hall–Kier alpha value is -1.57. The van der Waals surface area contributed by atoms with Gasteiger partial charge in [-0.25, -0.2) is 0 Å². The lowest BCUT2D eigenvalue weighted by Gasteiger charge is -2.19. The summed E-state index contributed by atoms with van der Waals surface area (Å²) in [6, 6.07) is 5.70. The Balaban J connectivity index is 2.20. The molecule has 1 aliphatic rings. The van der Waals surface area contributed by atoms with Crippen molar-refractivity contribution in [3.05, 3.63) is 33.8 Å². The van der Waals surface area contributed by atoms with Crippen LogP contribution < -0.4 is 0 Å². The summed E-state index contributed by atoms with van der Waals surface area (Å²) in [4.78, 5) is 0. The zero-order chi connectivity index (χ0) is 14.7. The lowest BCUT2D eigenvalue weighted by atomic mass is 10.1. The van der Waals surface area contributed by atoms with Gasteiger partial charge in [0, 0.05) is 6.54 Å². The molecule has 1 aromatic rings. The number of benzene rings is 1. The molecular weight excluding hydrogens is 274 g/mol. The summed E-state index contributed by atoms with van der Waals surface area (Å²) in [6.07, 6.45) is 2.71. The first-order valence-electron chi connectivity index (χ1n) is 6.67. The number of aliphatic hydroxyl groups excluding tert-OH is 1. The van der Waals surface area contributed by atoms with E-state index in [1.807, 2.05) is 18.0 Å². The molecule has 2 rings (SSSR count). The largest absolute Gasteiger partial charge is 0.394 e. The van der Waals surface area contributed by atoms with E-state index in [4.69, 9.17) is 16.9 Å². The number of nitrogens with zero attached hydrogens (tertiary/aromatic N) is 3. The first kappa shape index (κ1) is 14.8. The summed E-state index contributed by atoms with van der Waals surface area (Å²) in [5, 5.41) is 25.1. The Morgan fingerprint density at radius 1 is 1.60 bits per heavy atom. The van der Waals surface area contributed by atoms with Gasteiger partial charge in [0.2, 0.25) is 0 Å². The van der Waals surface area contributed by atoms with Crippen molar-refractivity contribution in [1.82, 2.24) is 5.01 Å². The number of hydrazone groups is 1. The fraction of sp³-hybridized carbons (Fsp3) is 0.467. The first-order chi connectivity index (χ1) is 9.56. The van der Waals surface area contributed by atoms with Crippen LogP contribution in [-0.4, -0.2) is 35.5 Å². The van der Waals surface area contributed by atoms with Crippen molar-refractivity contribution in [3.63, 3.8) is 0 Å². The van der Waals surface area contributed by atoms with E-state index in [0.717, 1.165) is 24.1 Å². The zero-order valence-electron chi connectivity index (χ0n) is 11.7. The average Bonchev–Trinajstić information content (AvgIpc) is 2.81. The molecule has 2 atom stereocenters. The minimum atomic E-state index is 0.0930. The monoisotopic (exact) mass is 291 g/mol. The standard InChI is InChI=1S/C15H18ClN3O/c1-10-5-14(9-20)19(8-10)18-7-13-4-3-12(6-17)15(16)11(13)2/h3-4,7,10,14,20H,5,8-9H2,1-2H3/b18-7+/t10-,14+/m1/s1. The summed E-state index contributed by atoms with van der Waals surface area (Å²) >= 11 is 6.14. The molecule has 0 bridgehead atoms. The molecule has 0 spiro atoms. The predicted molar refractivity (Wildman–Crippen MR) is 79.9 cm³/mol. The highest BCUT2D eigenvalue weighted by Gasteiger charge is 2.27. The average molecular weight is 292 g/mol. The van der Waals surface area contributed by atoms with E-state index in [0.29, 0.717) is 16.5 Å². The smallest absolute Gasteiger partial charge is 0.101 e. The number of nitriles is 1. The van der Waals surface area contributed by atoms with Gasteiger partial charge in [-0.05, 0) is 36.5 Å². The Kier molecular flexibility index (Phi) is 4.64. The van der Waals surface area contributed by atoms with Gasteiger partial charge in [-0.3, -0.25) is 5.01 Å². The minimum Gasteiger partial charge on any atom is -0.394 e. The maximum atomic E-state index is 9.35. The second-order valence-electron chi connectivity index (χ2n) is 5.30. The van der Waals surface area contributed by atoms with Crippen molar-refractivity contribution in [3.8, 4) is 6.07 Å². The van der Waals surface area contributed by atoms with Gasteiger partial charge >= 0.3 is 0 Å². The number of halogens is 1. The molecule has 5 heteroatoms. The molecular formula is C15H18ClN3O. The fourth-order valence-electron chi connectivity index (χ4n) is 2.50. The van der Waals surface area contributed by atoms with Crippen LogP contribution in [0.1, 0.15) is 30.0 Å². The van der Waals surface area contributed by atoms with Crippen molar-refractivity contribution < 1.29 is 5.11 Å². The van der Waals surface area contributed by atoms with Crippen LogP contribution in [0.2, 0.25) is 5.02 Å². The van der Waals surface area contributed by atoms with Crippen molar-refractivity contribution >= 4 is 17.8 Å². The van der Waals surface area contributed by atoms with E-state index in [9.17, 15) is 5.11 Å². The van der Waals surface area contributed by atoms with Crippen LogP contribution in [0, 0.1) is 24.2 Å². The third-order valence-electron chi connectivity index (χ3n) is 3.70. The highest BCUT2D eigenvalue weighted by atomic mass is 35.5.